The molecule has 100 valence electrons. The van der Waals surface area contributed by atoms with Gasteiger partial charge in [0.25, 0.3) is 5.91 Å². The predicted molar refractivity (Wildman–Crippen MR) is 74.2 cm³/mol. The monoisotopic (exact) mass is 269 g/mol. The van der Waals surface area contributed by atoms with Crippen LogP contribution in [0.15, 0.2) is 18.2 Å². The van der Waals surface area contributed by atoms with Crippen LogP contribution in [-0.2, 0) is 4.79 Å². The van der Waals surface area contributed by atoms with Crippen molar-refractivity contribution in [2.24, 2.45) is 0 Å². The highest BCUT2D eigenvalue weighted by Gasteiger charge is 2.16. The normalized spacial score (nSPS) is 13.8. The molecule has 0 saturated carbocycles. The molecule has 0 saturated heterocycles. The molecule has 0 aliphatic heterocycles. The zero-order chi connectivity index (χ0) is 13.7. The summed E-state index contributed by atoms with van der Waals surface area (Å²) in [6, 6.07) is 5.51. The predicted octanol–water partition coefficient (Wildman–Crippen LogP) is 3.33. The maximum atomic E-state index is 11.8. The summed E-state index contributed by atoms with van der Waals surface area (Å²) in [5, 5.41) is 3.55. The summed E-state index contributed by atoms with van der Waals surface area (Å²) >= 11 is 5.87. The molecule has 3 nitrogen and oxygen atoms in total. The smallest absolute Gasteiger partial charge is 0.260 e. The first kappa shape index (κ1) is 14.8. The van der Waals surface area contributed by atoms with Crippen LogP contribution in [0.1, 0.15) is 32.8 Å². The zero-order valence-electron chi connectivity index (χ0n) is 11.3. The lowest BCUT2D eigenvalue weighted by Crippen LogP contribution is -2.41. The second-order valence-corrected chi connectivity index (χ2v) is 4.92. The average molecular weight is 270 g/mol. The van der Waals surface area contributed by atoms with E-state index in [0.29, 0.717) is 10.8 Å². The Hall–Kier alpha value is -1.22. The van der Waals surface area contributed by atoms with Gasteiger partial charge in [0.05, 0.1) is 0 Å². The molecule has 1 N–H and O–H groups in total. The molecule has 0 heterocycles. The fourth-order valence-electron chi connectivity index (χ4n) is 1.45. The Morgan fingerprint density at radius 2 is 2.11 bits per heavy atom. The van der Waals surface area contributed by atoms with Gasteiger partial charge >= 0.3 is 0 Å². The molecule has 0 unspecified atom stereocenters. The summed E-state index contributed by atoms with van der Waals surface area (Å²) in [4.78, 5) is 11.8. The van der Waals surface area contributed by atoms with Gasteiger partial charge in [-0.3, -0.25) is 4.79 Å². The molecule has 0 aliphatic carbocycles. The van der Waals surface area contributed by atoms with Crippen molar-refractivity contribution in [3.63, 3.8) is 0 Å². The highest BCUT2D eigenvalue weighted by atomic mass is 35.5. The van der Waals surface area contributed by atoms with Crippen molar-refractivity contribution < 1.29 is 9.53 Å². The summed E-state index contributed by atoms with van der Waals surface area (Å²) in [5.41, 5.74) is 0.922. The number of amides is 1. The van der Waals surface area contributed by atoms with Gasteiger partial charge in [-0.1, -0.05) is 18.5 Å². The van der Waals surface area contributed by atoms with E-state index in [1.165, 1.54) is 0 Å². The second-order valence-electron chi connectivity index (χ2n) is 4.49. The van der Waals surface area contributed by atoms with E-state index < -0.39 is 6.10 Å². The van der Waals surface area contributed by atoms with Crippen molar-refractivity contribution >= 4 is 17.5 Å². The lowest BCUT2D eigenvalue weighted by atomic mass is 10.2. The van der Waals surface area contributed by atoms with Crippen molar-refractivity contribution in [3.05, 3.63) is 28.8 Å². The molecular weight excluding hydrogens is 250 g/mol. The molecule has 0 aliphatic rings. The minimum Gasteiger partial charge on any atom is -0.481 e. The zero-order valence-corrected chi connectivity index (χ0v) is 12.0. The number of carbonyl (C=O) groups is 1. The molecule has 1 rings (SSSR count). The number of benzene rings is 1. The number of nitrogens with one attached hydrogen (secondary N) is 1. The quantitative estimate of drug-likeness (QED) is 0.890. The summed E-state index contributed by atoms with van der Waals surface area (Å²) in [6.45, 7) is 7.64. The van der Waals surface area contributed by atoms with Gasteiger partial charge < -0.3 is 10.1 Å². The Balaban J connectivity index is 2.63. The maximum Gasteiger partial charge on any atom is 0.260 e. The number of carbonyl (C=O) groups excluding carboxylic acids is 1. The molecule has 0 spiro atoms. The Morgan fingerprint density at radius 3 is 2.67 bits per heavy atom. The van der Waals surface area contributed by atoms with E-state index in [0.717, 1.165) is 12.0 Å². The highest BCUT2D eigenvalue weighted by molar-refractivity contribution is 6.30. The summed E-state index contributed by atoms with van der Waals surface area (Å²) in [7, 11) is 0. The third kappa shape index (κ3) is 4.22. The molecule has 0 bridgehead atoms. The van der Waals surface area contributed by atoms with Crippen LogP contribution in [0.4, 0.5) is 0 Å². The van der Waals surface area contributed by atoms with E-state index in [4.69, 9.17) is 16.3 Å². The summed E-state index contributed by atoms with van der Waals surface area (Å²) < 4.78 is 5.64. The van der Waals surface area contributed by atoms with Crippen molar-refractivity contribution in [1.82, 2.24) is 5.32 Å². The van der Waals surface area contributed by atoms with Crippen molar-refractivity contribution in [3.8, 4) is 5.75 Å². The summed E-state index contributed by atoms with van der Waals surface area (Å²) in [6.07, 6.45) is 0.386. The van der Waals surface area contributed by atoms with E-state index >= 15 is 0 Å². The van der Waals surface area contributed by atoms with Gasteiger partial charge in [-0.15, -0.1) is 0 Å². The Morgan fingerprint density at radius 1 is 1.44 bits per heavy atom. The fourth-order valence-corrected chi connectivity index (χ4v) is 1.68. The van der Waals surface area contributed by atoms with E-state index in [-0.39, 0.29) is 11.9 Å². The average Bonchev–Trinajstić information content (AvgIpc) is 2.32. The van der Waals surface area contributed by atoms with Gasteiger partial charge in [0.15, 0.2) is 6.10 Å². The van der Waals surface area contributed by atoms with Crippen LogP contribution in [0.5, 0.6) is 5.75 Å². The highest BCUT2D eigenvalue weighted by Crippen LogP contribution is 2.22. The van der Waals surface area contributed by atoms with E-state index in [1.54, 1.807) is 19.1 Å². The molecule has 0 fully saturated rings. The Labute approximate surface area is 113 Å². The molecule has 0 radical (unpaired) electrons. The van der Waals surface area contributed by atoms with Crippen LogP contribution in [0, 0.1) is 6.92 Å². The molecule has 1 aromatic rings. The van der Waals surface area contributed by atoms with Crippen molar-refractivity contribution in [2.75, 3.05) is 0 Å². The standard InChI is InChI=1S/C14H20ClNO2/c1-5-10(3)16-14(17)11(4)18-13-7-6-12(15)8-9(13)2/h6-8,10-11H,5H2,1-4H3,(H,16,17)/t10-,11+/m0/s1. The number of rotatable bonds is 5. The fraction of sp³-hybridized carbons (Fsp3) is 0.500. The SMILES string of the molecule is CC[C@H](C)NC(=O)[C@@H](C)Oc1ccc(Cl)cc1C. The Kier molecular flexibility index (Phi) is 5.48. The van der Waals surface area contributed by atoms with E-state index in [9.17, 15) is 4.79 Å². The molecule has 18 heavy (non-hydrogen) atoms. The van der Waals surface area contributed by atoms with Crippen LogP contribution in [0.25, 0.3) is 0 Å². The lowest BCUT2D eigenvalue weighted by molar-refractivity contribution is -0.127. The van der Waals surface area contributed by atoms with E-state index in [1.807, 2.05) is 26.8 Å². The first-order chi connectivity index (χ1) is 8.43. The molecule has 1 amide bonds. The number of aryl methyl sites for hydroxylation is 1. The Bertz CT molecular complexity index is 420. The van der Waals surface area contributed by atoms with Gasteiger partial charge in [0, 0.05) is 11.1 Å². The third-order valence-electron chi connectivity index (χ3n) is 2.81. The van der Waals surface area contributed by atoms with Gasteiger partial charge in [0.2, 0.25) is 0 Å². The number of hydrogen-bond acceptors (Lipinski definition) is 2. The van der Waals surface area contributed by atoms with Crippen LogP contribution in [0.2, 0.25) is 5.02 Å². The summed E-state index contributed by atoms with van der Waals surface area (Å²) in [5.74, 6) is 0.588. The van der Waals surface area contributed by atoms with Gasteiger partial charge in [-0.25, -0.2) is 0 Å². The van der Waals surface area contributed by atoms with Crippen LogP contribution >= 0.6 is 11.6 Å². The number of halogens is 1. The van der Waals surface area contributed by atoms with Crippen molar-refractivity contribution in [1.29, 1.82) is 0 Å². The molecule has 1 aromatic carbocycles. The van der Waals surface area contributed by atoms with Gasteiger partial charge in [-0.05, 0) is 51.0 Å². The van der Waals surface area contributed by atoms with E-state index in [2.05, 4.69) is 5.32 Å². The first-order valence-electron chi connectivity index (χ1n) is 6.17. The maximum absolute atomic E-state index is 11.8. The number of ether oxygens (including phenoxy) is 1. The first-order valence-corrected chi connectivity index (χ1v) is 6.55. The second kappa shape index (κ2) is 6.64. The van der Waals surface area contributed by atoms with Gasteiger partial charge in [-0.2, -0.15) is 0 Å². The molecular formula is C14H20ClNO2. The topological polar surface area (TPSA) is 38.3 Å². The van der Waals surface area contributed by atoms with Gasteiger partial charge in [0.1, 0.15) is 5.75 Å². The molecule has 0 aromatic heterocycles. The lowest BCUT2D eigenvalue weighted by Gasteiger charge is -2.18. The van der Waals surface area contributed by atoms with Crippen LogP contribution in [0.3, 0.4) is 0 Å². The van der Waals surface area contributed by atoms with Crippen LogP contribution in [-0.4, -0.2) is 18.1 Å². The van der Waals surface area contributed by atoms with Crippen LogP contribution < -0.4 is 10.1 Å². The number of hydrogen-bond donors (Lipinski definition) is 1. The molecule has 4 heteroatoms. The molecule has 2 atom stereocenters. The van der Waals surface area contributed by atoms with Crippen molar-refractivity contribution in [2.45, 2.75) is 46.3 Å². The minimum atomic E-state index is -0.515. The largest absolute Gasteiger partial charge is 0.481 e. The minimum absolute atomic E-state index is 0.0984. The third-order valence-corrected chi connectivity index (χ3v) is 3.05.